The number of hydrogen-bond donors (Lipinski definition) is 0. The molecule has 1 aliphatic carbocycles. The molecule has 0 amide bonds. The van der Waals surface area contributed by atoms with Crippen LogP contribution in [0.2, 0.25) is 0 Å². The summed E-state index contributed by atoms with van der Waals surface area (Å²) in [6, 6.07) is 15.5. The van der Waals surface area contributed by atoms with Crippen LogP contribution in [0.3, 0.4) is 0 Å². The van der Waals surface area contributed by atoms with Crippen LogP contribution in [0, 0.1) is 5.92 Å². The van der Waals surface area contributed by atoms with Gasteiger partial charge in [-0.2, -0.15) is 0 Å². The normalized spacial score (nSPS) is 27.1. The minimum absolute atomic E-state index is 0.490. The second kappa shape index (κ2) is 6.39. The van der Waals surface area contributed by atoms with Crippen molar-refractivity contribution in [3.05, 3.63) is 42.5 Å². The summed E-state index contributed by atoms with van der Waals surface area (Å²) in [6.07, 6.45) is 2.76. The Hall–Kier alpha value is -1.98. The molecule has 1 aromatic heterocycles. The third kappa shape index (κ3) is 3.02. The summed E-state index contributed by atoms with van der Waals surface area (Å²) in [6.45, 7) is 4.89. The maximum atomic E-state index is 5.91. The molecule has 130 valence electrons. The lowest BCUT2D eigenvalue weighted by Gasteiger charge is -2.48. The highest BCUT2D eigenvalue weighted by Crippen LogP contribution is 2.38. The van der Waals surface area contributed by atoms with E-state index in [-0.39, 0.29) is 0 Å². The number of piperazine rings is 1. The number of ether oxygens (including phenoxy) is 1. The first-order valence-electron chi connectivity index (χ1n) is 9.36. The van der Waals surface area contributed by atoms with Crippen LogP contribution in [0.5, 0.6) is 0 Å². The lowest BCUT2D eigenvalue weighted by molar-refractivity contribution is -0.0603. The monoisotopic (exact) mass is 336 g/mol. The van der Waals surface area contributed by atoms with Gasteiger partial charge in [0.2, 0.25) is 0 Å². The lowest BCUT2D eigenvalue weighted by Crippen LogP contribution is -2.62. The van der Waals surface area contributed by atoms with E-state index in [0.29, 0.717) is 12.1 Å². The predicted molar refractivity (Wildman–Crippen MR) is 97.5 cm³/mol. The molecule has 5 nitrogen and oxygen atoms in total. The molecule has 0 N–H and O–H groups in total. The van der Waals surface area contributed by atoms with E-state index in [4.69, 9.17) is 4.74 Å². The van der Waals surface area contributed by atoms with Crippen LogP contribution in [0.4, 0.5) is 5.82 Å². The molecule has 2 saturated heterocycles. The topological polar surface area (TPSA) is 41.5 Å². The number of rotatable bonds is 3. The number of benzene rings is 1. The SMILES string of the molecule is c1ccc(-c2ccc(N3CCN4[C@@H](COC[C@@H]4C4CC4)C3)nn2)cc1. The van der Waals surface area contributed by atoms with E-state index in [1.54, 1.807) is 0 Å². The Balaban J connectivity index is 1.30. The van der Waals surface area contributed by atoms with Gasteiger partial charge in [-0.05, 0) is 30.9 Å². The maximum Gasteiger partial charge on any atom is 0.151 e. The first kappa shape index (κ1) is 15.3. The fourth-order valence-electron chi connectivity index (χ4n) is 4.23. The Kier molecular flexibility index (Phi) is 3.91. The van der Waals surface area contributed by atoms with Gasteiger partial charge in [0, 0.05) is 31.2 Å². The van der Waals surface area contributed by atoms with Crippen molar-refractivity contribution in [2.24, 2.45) is 5.92 Å². The summed E-state index contributed by atoms with van der Waals surface area (Å²) in [7, 11) is 0. The number of anilines is 1. The van der Waals surface area contributed by atoms with Crippen molar-refractivity contribution in [3.8, 4) is 11.3 Å². The molecular formula is C20H24N4O. The van der Waals surface area contributed by atoms with Crippen molar-refractivity contribution < 1.29 is 4.74 Å². The van der Waals surface area contributed by atoms with Crippen molar-refractivity contribution >= 4 is 5.82 Å². The highest BCUT2D eigenvalue weighted by Gasteiger charge is 2.43. The van der Waals surface area contributed by atoms with E-state index in [1.807, 2.05) is 18.2 Å². The van der Waals surface area contributed by atoms with Gasteiger partial charge in [0.25, 0.3) is 0 Å². The number of fused-ring (bicyclic) bond motifs is 1. The third-order valence-corrected chi connectivity index (χ3v) is 5.76. The molecule has 2 atom stereocenters. The number of nitrogens with zero attached hydrogens (tertiary/aromatic N) is 4. The molecule has 2 aliphatic heterocycles. The summed E-state index contributed by atoms with van der Waals surface area (Å²) in [4.78, 5) is 5.06. The largest absolute Gasteiger partial charge is 0.378 e. The predicted octanol–water partition coefficient (Wildman–Crippen LogP) is 2.44. The molecule has 0 unspecified atom stereocenters. The lowest BCUT2D eigenvalue weighted by atomic mass is 10.0. The summed E-state index contributed by atoms with van der Waals surface area (Å²) >= 11 is 0. The van der Waals surface area contributed by atoms with E-state index in [2.05, 4.69) is 44.3 Å². The van der Waals surface area contributed by atoms with Crippen LogP contribution in [0.15, 0.2) is 42.5 Å². The zero-order chi connectivity index (χ0) is 16.6. The van der Waals surface area contributed by atoms with Gasteiger partial charge in [-0.15, -0.1) is 10.2 Å². The minimum atomic E-state index is 0.490. The zero-order valence-corrected chi connectivity index (χ0v) is 14.4. The molecular weight excluding hydrogens is 312 g/mol. The number of morpholine rings is 1. The zero-order valence-electron chi connectivity index (χ0n) is 14.4. The average Bonchev–Trinajstić information content (AvgIpc) is 3.53. The molecule has 3 fully saturated rings. The van der Waals surface area contributed by atoms with E-state index in [0.717, 1.165) is 55.8 Å². The summed E-state index contributed by atoms with van der Waals surface area (Å²) in [5, 5.41) is 8.94. The Labute approximate surface area is 148 Å². The third-order valence-electron chi connectivity index (χ3n) is 5.76. The van der Waals surface area contributed by atoms with Crippen LogP contribution in [0.1, 0.15) is 12.8 Å². The van der Waals surface area contributed by atoms with Gasteiger partial charge in [0.1, 0.15) is 0 Å². The maximum absolute atomic E-state index is 5.91. The number of aromatic nitrogens is 2. The number of hydrogen-bond acceptors (Lipinski definition) is 5. The van der Waals surface area contributed by atoms with Crippen molar-refractivity contribution in [3.63, 3.8) is 0 Å². The summed E-state index contributed by atoms with van der Waals surface area (Å²) in [5.41, 5.74) is 2.04. The van der Waals surface area contributed by atoms with E-state index in [9.17, 15) is 0 Å². The highest BCUT2D eigenvalue weighted by molar-refractivity contribution is 5.59. The van der Waals surface area contributed by atoms with Crippen LogP contribution >= 0.6 is 0 Å². The Morgan fingerprint density at radius 1 is 0.920 bits per heavy atom. The molecule has 5 rings (SSSR count). The Morgan fingerprint density at radius 2 is 1.80 bits per heavy atom. The van der Waals surface area contributed by atoms with Crippen molar-refractivity contribution in [1.29, 1.82) is 0 Å². The van der Waals surface area contributed by atoms with Crippen LogP contribution in [-0.2, 0) is 4.74 Å². The van der Waals surface area contributed by atoms with Crippen LogP contribution < -0.4 is 4.90 Å². The molecule has 3 aliphatic rings. The van der Waals surface area contributed by atoms with Crippen molar-refractivity contribution in [1.82, 2.24) is 15.1 Å². The molecule has 0 radical (unpaired) electrons. The highest BCUT2D eigenvalue weighted by atomic mass is 16.5. The van der Waals surface area contributed by atoms with E-state index < -0.39 is 0 Å². The van der Waals surface area contributed by atoms with E-state index >= 15 is 0 Å². The first-order chi connectivity index (χ1) is 12.4. The average molecular weight is 336 g/mol. The molecule has 25 heavy (non-hydrogen) atoms. The summed E-state index contributed by atoms with van der Waals surface area (Å²) < 4.78 is 5.91. The second-order valence-electron chi connectivity index (χ2n) is 7.42. The van der Waals surface area contributed by atoms with Crippen molar-refractivity contribution in [2.45, 2.75) is 24.9 Å². The second-order valence-corrected chi connectivity index (χ2v) is 7.42. The van der Waals surface area contributed by atoms with Crippen LogP contribution in [0.25, 0.3) is 11.3 Å². The molecule has 1 aromatic carbocycles. The van der Waals surface area contributed by atoms with Gasteiger partial charge in [-0.25, -0.2) is 0 Å². The van der Waals surface area contributed by atoms with Gasteiger partial charge in [-0.1, -0.05) is 30.3 Å². The first-order valence-corrected chi connectivity index (χ1v) is 9.36. The van der Waals surface area contributed by atoms with Crippen LogP contribution in [-0.4, -0.2) is 60.0 Å². The molecule has 0 bridgehead atoms. The molecule has 0 spiro atoms. The van der Waals surface area contributed by atoms with Gasteiger partial charge in [0.05, 0.1) is 24.9 Å². The molecule has 5 heteroatoms. The quantitative estimate of drug-likeness (QED) is 0.861. The van der Waals surface area contributed by atoms with Gasteiger partial charge in [0.15, 0.2) is 5.82 Å². The standard InChI is InChI=1S/C20H24N4O/c1-2-4-15(5-3-1)18-8-9-20(22-21-18)23-10-11-24-17(12-23)13-25-14-19(24)16-6-7-16/h1-5,8-9,16-17,19H,6-7,10-14H2/t17-,19-/m1/s1. The minimum Gasteiger partial charge on any atom is -0.378 e. The molecule has 3 heterocycles. The summed E-state index contributed by atoms with van der Waals surface area (Å²) in [5.74, 6) is 1.85. The van der Waals surface area contributed by atoms with Gasteiger partial charge in [-0.3, -0.25) is 4.90 Å². The van der Waals surface area contributed by atoms with Gasteiger partial charge < -0.3 is 9.64 Å². The fourth-order valence-corrected chi connectivity index (χ4v) is 4.23. The fraction of sp³-hybridized carbons (Fsp3) is 0.500. The van der Waals surface area contributed by atoms with E-state index in [1.165, 1.54) is 12.8 Å². The molecule has 1 saturated carbocycles. The van der Waals surface area contributed by atoms with Gasteiger partial charge >= 0.3 is 0 Å². The van der Waals surface area contributed by atoms with Crippen molar-refractivity contribution in [2.75, 3.05) is 37.7 Å². The Bertz CT molecular complexity index is 716. The molecule has 2 aromatic rings. The Morgan fingerprint density at radius 3 is 2.56 bits per heavy atom. The smallest absolute Gasteiger partial charge is 0.151 e.